The lowest BCUT2D eigenvalue weighted by Crippen LogP contribution is -2.44. The van der Waals surface area contributed by atoms with Crippen LogP contribution >= 0.6 is 0 Å². The Morgan fingerprint density at radius 1 is 1.44 bits per heavy atom. The number of rotatable bonds is 6. The van der Waals surface area contributed by atoms with Gasteiger partial charge in [-0.3, -0.25) is 19.6 Å². The monoisotopic (exact) mass is 370 g/mol. The molecule has 0 saturated carbocycles. The van der Waals surface area contributed by atoms with Crippen molar-refractivity contribution in [2.24, 2.45) is 17.8 Å². The molecule has 4 heterocycles. The van der Waals surface area contributed by atoms with Gasteiger partial charge in [-0.25, -0.2) is 0 Å². The SMILES string of the molecule is CC(C)CCN1C[C@]23C=C[C@H](O2)C(C(=O)N(C)Cc2cnccn2)C3C1=O. The van der Waals surface area contributed by atoms with Gasteiger partial charge in [0.15, 0.2) is 0 Å². The molecule has 27 heavy (non-hydrogen) atoms. The number of carbonyl (C=O) groups excluding carboxylic acids is 2. The second-order valence-corrected chi connectivity index (χ2v) is 8.23. The quantitative estimate of drug-likeness (QED) is 0.705. The predicted molar refractivity (Wildman–Crippen MR) is 98.3 cm³/mol. The topological polar surface area (TPSA) is 75.6 Å². The number of amides is 2. The summed E-state index contributed by atoms with van der Waals surface area (Å²) in [5, 5.41) is 0. The van der Waals surface area contributed by atoms with Gasteiger partial charge in [0.05, 0.1) is 42.9 Å². The summed E-state index contributed by atoms with van der Waals surface area (Å²) in [5.41, 5.74) is 0.0888. The second-order valence-electron chi connectivity index (χ2n) is 8.23. The number of nitrogens with zero attached hydrogens (tertiary/aromatic N) is 4. The molecule has 7 heteroatoms. The van der Waals surface area contributed by atoms with Crippen LogP contribution in [0.4, 0.5) is 0 Å². The first-order valence-corrected chi connectivity index (χ1v) is 9.57. The molecule has 0 radical (unpaired) electrons. The van der Waals surface area contributed by atoms with Crippen molar-refractivity contribution in [1.29, 1.82) is 0 Å². The number of fused-ring (bicyclic) bond motifs is 1. The molecule has 2 saturated heterocycles. The summed E-state index contributed by atoms with van der Waals surface area (Å²) in [6, 6.07) is 0. The van der Waals surface area contributed by atoms with Crippen molar-refractivity contribution in [3.63, 3.8) is 0 Å². The first-order valence-electron chi connectivity index (χ1n) is 9.57. The van der Waals surface area contributed by atoms with Crippen molar-refractivity contribution >= 4 is 11.8 Å². The van der Waals surface area contributed by atoms with E-state index in [0.29, 0.717) is 25.6 Å². The second kappa shape index (κ2) is 6.71. The van der Waals surface area contributed by atoms with Crippen molar-refractivity contribution in [2.75, 3.05) is 20.1 Å². The third-order valence-corrected chi connectivity index (χ3v) is 5.83. The standard InChI is InChI=1S/C20H26N4O3/c1-13(2)5-9-24-12-20-6-4-15(27-20)16(17(20)19(24)26)18(25)23(3)11-14-10-21-7-8-22-14/h4,6-8,10,13,15-17H,5,9,11-12H2,1-3H3/t15-,16?,17?,20-/m0/s1. The Bertz CT molecular complexity index is 766. The van der Waals surface area contributed by atoms with E-state index >= 15 is 0 Å². The van der Waals surface area contributed by atoms with Crippen molar-refractivity contribution in [1.82, 2.24) is 19.8 Å². The van der Waals surface area contributed by atoms with Gasteiger partial charge in [-0.2, -0.15) is 0 Å². The maximum absolute atomic E-state index is 13.2. The van der Waals surface area contributed by atoms with Crippen molar-refractivity contribution in [2.45, 2.75) is 38.5 Å². The fourth-order valence-electron chi connectivity index (χ4n) is 4.45. The number of carbonyl (C=O) groups is 2. The first-order chi connectivity index (χ1) is 12.9. The Labute approximate surface area is 159 Å². The summed E-state index contributed by atoms with van der Waals surface area (Å²) < 4.78 is 6.18. The Morgan fingerprint density at radius 3 is 2.96 bits per heavy atom. The van der Waals surface area contributed by atoms with Crippen LogP contribution in [-0.2, 0) is 20.9 Å². The van der Waals surface area contributed by atoms with Crippen LogP contribution in [0.25, 0.3) is 0 Å². The molecule has 1 aromatic rings. The largest absolute Gasteiger partial charge is 0.360 e. The maximum Gasteiger partial charge on any atom is 0.230 e. The molecule has 2 fully saturated rings. The predicted octanol–water partition coefficient (Wildman–Crippen LogP) is 1.26. The van der Waals surface area contributed by atoms with E-state index in [1.54, 1.807) is 30.5 Å². The van der Waals surface area contributed by atoms with E-state index in [-0.39, 0.29) is 17.9 Å². The number of aromatic nitrogens is 2. The summed E-state index contributed by atoms with van der Waals surface area (Å²) in [4.78, 5) is 38.1. The normalized spacial score (nSPS) is 31.0. The number of hydrogen-bond donors (Lipinski definition) is 0. The third-order valence-electron chi connectivity index (χ3n) is 5.83. The molecule has 144 valence electrons. The molecule has 4 atom stereocenters. The van der Waals surface area contributed by atoms with Crippen LogP contribution in [0, 0.1) is 17.8 Å². The molecular formula is C20H26N4O3. The van der Waals surface area contributed by atoms with Gasteiger partial charge in [-0.1, -0.05) is 26.0 Å². The van der Waals surface area contributed by atoms with Crippen molar-refractivity contribution in [3.05, 3.63) is 36.4 Å². The molecule has 7 nitrogen and oxygen atoms in total. The molecule has 2 bridgehead atoms. The maximum atomic E-state index is 13.2. The van der Waals surface area contributed by atoms with Crippen LogP contribution in [-0.4, -0.2) is 63.4 Å². The van der Waals surface area contributed by atoms with Gasteiger partial charge in [0, 0.05) is 26.0 Å². The van der Waals surface area contributed by atoms with Crippen molar-refractivity contribution < 1.29 is 14.3 Å². The van der Waals surface area contributed by atoms with Crippen LogP contribution in [0.2, 0.25) is 0 Å². The van der Waals surface area contributed by atoms with E-state index in [0.717, 1.165) is 12.1 Å². The summed E-state index contributed by atoms with van der Waals surface area (Å²) in [6.45, 7) is 5.93. The molecule has 0 aromatic carbocycles. The fourth-order valence-corrected chi connectivity index (χ4v) is 4.45. The molecule has 0 N–H and O–H groups in total. The minimum atomic E-state index is -0.632. The van der Waals surface area contributed by atoms with Gasteiger partial charge in [0.2, 0.25) is 11.8 Å². The zero-order chi connectivity index (χ0) is 19.2. The lowest BCUT2D eigenvalue weighted by atomic mass is 9.76. The summed E-state index contributed by atoms with van der Waals surface area (Å²) in [7, 11) is 1.75. The number of likely N-dealkylation sites (tertiary alicyclic amines) is 1. The number of ether oxygens (including phenoxy) is 1. The van der Waals surface area contributed by atoms with E-state index in [1.165, 1.54) is 0 Å². The highest BCUT2D eigenvalue weighted by Gasteiger charge is 2.66. The Hall–Kier alpha value is -2.28. The minimum absolute atomic E-state index is 0.0498. The van der Waals surface area contributed by atoms with Crippen LogP contribution in [0.3, 0.4) is 0 Å². The van der Waals surface area contributed by atoms with Gasteiger partial charge in [-0.15, -0.1) is 0 Å². The lowest BCUT2D eigenvalue weighted by Gasteiger charge is -2.27. The molecule has 2 amide bonds. The van der Waals surface area contributed by atoms with E-state index in [2.05, 4.69) is 23.8 Å². The highest BCUT2D eigenvalue weighted by Crippen LogP contribution is 2.52. The van der Waals surface area contributed by atoms with E-state index < -0.39 is 17.4 Å². The lowest BCUT2D eigenvalue weighted by molar-refractivity contribution is -0.142. The van der Waals surface area contributed by atoms with E-state index in [4.69, 9.17) is 4.74 Å². The van der Waals surface area contributed by atoms with Crippen LogP contribution < -0.4 is 0 Å². The van der Waals surface area contributed by atoms with Crippen molar-refractivity contribution in [3.8, 4) is 0 Å². The molecule has 4 rings (SSSR count). The molecule has 1 spiro atoms. The van der Waals surface area contributed by atoms with Gasteiger partial charge in [0.25, 0.3) is 0 Å². The Kier molecular flexibility index (Phi) is 4.50. The summed E-state index contributed by atoms with van der Waals surface area (Å²) in [5.74, 6) is -0.376. The number of hydrogen-bond acceptors (Lipinski definition) is 5. The van der Waals surface area contributed by atoms with Gasteiger partial charge >= 0.3 is 0 Å². The van der Waals surface area contributed by atoms with Gasteiger partial charge < -0.3 is 14.5 Å². The van der Waals surface area contributed by atoms with Crippen LogP contribution in [0.1, 0.15) is 26.0 Å². The summed E-state index contributed by atoms with van der Waals surface area (Å²) in [6.07, 6.45) is 9.45. The van der Waals surface area contributed by atoms with E-state index in [9.17, 15) is 9.59 Å². The van der Waals surface area contributed by atoms with E-state index in [1.807, 2.05) is 17.1 Å². The molecule has 3 aliphatic rings. The van der Waals surface area contributed by atoms with Gasteiger partial charge in [-0.05, 0) is 12.3 Å². The fraction of sp³-hybridized carbons (Fsp3) is 0.600. The van der Waals surface area contributed by atoms with Gasteiger partial charge in [0.1, 0.15) is 5.60 Å². The van der Waals surface area contributed by atoms with Crippen LogP contribution in [0.5, 0.6) is 0 Å². The first kappa shape index (κ1) is 18.1. The molecule has 2 unspecified atom stereocenters. The average molecular weight is 370 g/mol. The molecule has 0 aliphatic carbocycles. The highest BCUT2D eigenvalue weighted by atomic mass is 16.5. The highest BCUT2D eigenvalue weighted by molar-refractivity contribution is 5.92. The Balaban J connectivity index is 1.51. The zero-order valence-corrected chi connectivity index (χ0v) is 16.0. The minimum Gasteiger partial charge on any atom is -0.360 e. The van der Waals surface area contributed by atoms with Crippen LogP contribution in [0.15, 0.2) is 30.7 Å². The Morgan fingerprint density at radius 2 is 2.26 bits per heavy atom. The average Bonchev–Trinajstić information content (AvgIpc) is 3.28. The third kappa shape index (κ3) is 3.04. The molecule has 1 aromatic heterocycles. The molecular weight excluding hydrogens is 344 g/mol. The smallest absolute Gasteiger partial charge is 0.230 e. The molecule has 3 aliphatic heterocycles. The summed E-state index contributed by atoms with van der Waals surface area (Å²) >= 11 is 0. The zero-order valence-electron chi connectivity index (χ0n) is 16.0.